The molecule has 11 heavy (non-hydrogen) atoms. The highest BCUT2D eigenvalue weighted by Crippen LogP contribution is 1.98. The predicted octanol–water partition coefficient (Wildman–Crippen LogP) is 0.587. The fraction of sp³-hybridized carbons (Fsp3) is 0.571. The molecule has 4 heteroatoms. The van der Waals surface area contributed by atoms with E-state index in [0.717, 1.165) is 12.8 Å². The first-order chi connectivity index (χ1) is 5.35. The Morgan fingerprint density at radius 1 is 1.73 bits per heavy atom. The van der Waals surface area contributed by atoms with E-state index in [4.69, 9.17) is 10.4 Å². The number of allylic oxidation sites excluding steroid dienone is 2. The van der Waals surface area contributed by atoms with Crippen molar-refractivity contribution in [2.45, 2.75) is 18.9 Å². The van der Waals surface area contributed by atoms with Gasteiger partial charge in [0.25, 0.3) is 0 Å². The van der Waals surface area contributed by atoms with Gasteiger partial charge in [-0.3, -0.25) is 5.09 Å². The molecule has 62 valence electrons. The van der Waals surface area contributed by atoms with E-state index in [-0.39, 0.29) is 12.6 Å². The van der Waals surface area contributed by atoms with E-state index in [1.807, 2.05) is 6.07 Å². The lowest BCUT2D eigenvalue weighted by Gasteiger charge is -2.09. The van der Waals surface area contributed by atoms with Crippen LogP contribution in [0.25, 0.3) is 0 Å². The van der Waals surface area contributed by atoms with Crippen LogP contribution in [-0.2, 0) is 0 Å². The van der Waals surface area contributed by atoms with Crippen molar-refractivity contribution in [2.24, 2.45) is 0 Å². The summed E-state index contributed by atoms with van der Waals surface area (Å²) in [6.45, 7) is 0.129. The van der Waals surface area contributed by atoms with Gasteiger partial charge in [-0.1, -0.05) is 15.5 Å². The van der Waals surface area contributed by atoms with Gasteiger partial charge in [0.1, 0.15) is 0 Å². The van der Waals surface area contributed by atoms with Crippen molar-refractivity contribution in [3.8, 4) is 6.07 Å². The molecule has 0 aromatic heterocycles. The Bertz CT molecular complexity index is 149. The average Bonchev–Trinajstić information content (AvgIpc) is 2.05. The molecule has 2 N–H and O–H groups in total. The topological polar surface area (TPSA) is 56.0 Å². The summed E-state index contributed by atoms with van der Waals surface area (Å²) < 4.78 is 0. The molecule has 0 radical (unpaired) electrons. The number of nitrogens with zero attached hydrogens (tertiary/aromatic N) is 1. The van der Waals surface area contributed by atoms with Crippen molar-refractivity contribution < 1.29 is 5.11 Å². The lowest BCUT2D eigenvalue weighted by molar-refractivity contribution is 0.253. The van der Waals surface area contributed by atoms with E-state index in [1.54, 1.807) is 6.08 Å². The van der Waals surface area contributed by atoms with Crippen LogP contribution in [0.2, 0.25) is 0 Å². The maximum atomic E-state index is 8.72. The fourth-order valence-electron chi connectivity index (χ4n) is 0.661. The highest BCUT2D eigenvalue weighted by atomic mass is 31.0. The molecule has 0 fully saturated rings. The van der Waals surface area contributed by atoms with Gasteiger partial charge in [-0.15, -0.1) is 0 Å². The first-order valence-electron chi connectivity index (χ1n) is 3.46. The molecule has 0 aliphatic rings. The molecule has 0 aliphatic heterocycles. The zero-order valence-electron chi connectivity index (χ0n) is 6.33. The third-order valence-electron chi connectivity index (χ3n) is 1.33. The predicted molar refractivity (Wildman–Crippen MR) is 47.7 cm³/mol. The van der Waals surface area contributed by atoms with Crippen LogP contribution < -0.4 is 5.09 Å². The van der Waals surface area contributed by atoms with Crippen molar-refractivity contribution in [2.75, 3.05) is 6.61 Å². The van der Waals surface area contributed by atoms with E-state index < -0.39 is 0 Å². The molecule has 3 nitrogen and oxygen atoms in total. The molecule has 0 aromatic rings. The van der Waals surface area contributed by atoms with Crippen LogP contribution in [0.5, 0.6) is 0 Å². The number of hydrogen-bond donors (Lipinski definition) is 2. The quantitative estimate of drug-likeness (QED) is 0.471. The Labute approximate surface area is 69.4 Å². The zero-order chi connectivity index (χ0) is 8.53. The first kappa shape index (κ1) is 10.6. The Balaban J connectivity index is 3.37. The SMILES string of the molecule is N#CC=CCC[C@@H](CO)NP. The van der Waals surface area contributed by atoms with Gasteiger partial charge in [-0.2, -0.15) is 5.26 Å². The normalized spacial score (nSPS) is 13.2. The fourth-order valence-corrected chi connectivity index (χ4v) is 0.933. The van der Waals surface area contributed by atoms with Gasteiger partial charge in [0.15, 0.2) is 0 Å². The molecule has 1 unspecified atom stereocenters. The van der Waals surface area contributed by atoms with Gasteiger partial charge < -0.3 is 5.11 Å². The summed E-state index contributed by atoms with van der Waals surface area (Å²) in [5, 5.41) is 19.7. The van der Waals surface area contributed by atoms with Crippen LogP contribution in [0.1, 0.15) is 12.8 Å². The molecule has 0 aliphatic carbocycles. The van der Waals surface area contributed by atoms with Crippen LogP contribution >= 0.6 is 9.39 Å². The Kier molecular flexibility index (Phi) is 7.39. The summed E-state index contributed by atoms with van der Waals surface area (Å²) in [6.07, 6.45) is 4.92. The maximum absolute atomic E-state index is 8.72. The molecular weight excluding hydrogens is 159 g/mol. The smallest absolute Gasteiger partial charge is 0.0908 e. The number of hydrogen-bond acceptors (Lipinski definition) is 3. The molecule has 0 spiro atoms. The molecule has 2 atom stereocenters. The summed E-state index contributed by atoms with van der Waals surface area (Å²) >= 11 is 0. The van der Waals surface area contributed by atoms with Gasteiger partial charge >= 0.3 is 0 Å². The van der Waals surface area contributed by atoms with E-state index in [9.17, 15) is 0 Å². The summed E-state index contributed by atoms with van der Waals surface area (Å²) in [6, 6.07) is 2.02. The highest BCUT2D eigenvalue weighted by Gasteiger charge is 2.00. The Morgan fingerprint density at radius 2 is 2.45 bits per heavy atom. The molecule has 0 bridgehead atoms. The van der Waals surface area contributed by atoms with Gasteiger partial charge in [0.05, 0.1) is 12.7 Å². The van der Waals surface area contributed by atoms with Crippen molar-refractivity contribution in [1.29, 1.82) is 5.26 Å². The number of aliphatic hydroxyl groups excluding tert-OH is 1. The van der Waals surface area contributed by atoms with Gasteiger partial charge in [-0.25, -0.2) is 0 Å². The Morgan fingerprint density at radius 3 is 2.91 bits per heavy atom. The molecule has 0 heterocycles. The minimum absolute atomic E-state index is 0.114. The van der Waals surface area contributed by atoms with E-state index >= 15 is 0 Å². The molecule has 0 amide bonds. The third kappa shape index (κ3) is 6.00. The second-order valence-electron chi connectivity index (χ2n) is 2.15. The minimum atomic E-state index is 0.114. The second-order valence-corrected chi connectivity index (χ2v) is 2.49. The lowest BCUT2D eigenvalue weighted by Crippen LogP contribution is -2.23. The summed E-state index contributed by atoms with van der Waals surface area (Å²) in [7, 11) is 2.36. The van der Waals surface area contributed by atoms with Crippen LogP contribution in [0, 0.1) is 11.3 Å². The maximum Gasteiger partial charge on any atom is 0.0908 e. The molecule has 0 aromatic carbocycles. The van der Waals surface area contributed by atoms with Gasteiger partial charge in [0, 0.05) is 12.1 Å². The molecule has 0 saturated heterocycles. The van der Waals surface area contributed by atoms with Gasteiger partial charge in [-0.05, 0) is 12.8 Å². The van der Waals surface area contributed by atoms with Crippen LogP contribution in [0.4, 0.5) is 0 Å². The summed E-state index contributed by atoms with van der Waals surface area (Å²) in [4.78, 5) is 0. The van der Waals surface area contributed by atoms with Crippen molar-refractivity contribution >= 4 is 9.39 Å². The molecular formula is C7H13N2OP. The van der Waals surface area contributed by atoms with E-state index in [1.165, 1.54) is 6.08 Å². The van der Waals surface area contributed by atoms with Crippen LogP contribution in [0.15, 0.2) is 12.2 Å². The van der Waals surface area contributed by atoms with Gasteiger partial charge in [0.2, 0.25) is 0 Å². The standard InChI is InChI=1S/C7H13N2OP/c8-5-3-1-2-4-7(6-10)9-11/h1,3,7,9-10H,2,4,6,11H2/t7-/m0/s1. The van der Waals surface area contributed by atoms with E-state index in [2.05, 4.69) is 14.5 Å². The molecule has 0 rings (SSSR count). The Hall–Kier alpha value is -0.420. The monoisotopic (exact) mass is 172 g/mol. The average molecular weight is 172 g/mol. The number of rotatable bonds is 5. The summed E-state index contributed by atoms with van der Waals surface area (Å²) in [5.74, 6) is 0. The largest absolute Gasteiger partial charge is 0.395 e. The minimum Gasteiger partial charge on any atom is -0.395 e. The second kappa shape index (κ2) is 7.68. The highest BCUT2D eigenvalue weighted by molar-refractivity contribution is 7.13. The number of nitrogens with one attached hydrogen (secondary N) is 1. The lowest BCUT2D eigenvalue weighted by atomic mass is 10.2. The van der Waals surface area contributed by atoms with Crippen molar-refractivity contribution in [3.05, 3.63) is 12.2 Å². The van der Waals surface area contributed by atoms with E-state index in [0.29, 0.717) is 0 Å². The third-order valence-corrected chi connectivity index (χ3v) is 1.80. The van der Waals surface area contributed by atoms with Crippen molar-refractivity contribution in [3.63, 3.8) is 0 Å². The van der Waals surface area contributed by atoms with Crippen LogP contribution in [-0.4, -0.2) is 17.8 Å². The van der Waals surface area contributed by atoms with Crippen molar-refractivity contribution in [1.82, 2.24) is 5.09 Å². The first-order valence-corrected chi connectivity index (χ1v) is 4.04. The number of nitriles is 1. The molecule has 0 saturated carbocycles. The number of aliphatic hydroxyl groups is 1. The summed E-state index contributed by atoms with van der Waals surface area (Å²) in [5.41, 5.74) is 0. The zero-order valence-corrected chi connectivity index (χ0v) is 7.48. The van der Waals surface area contributed by atoms with Crippen LogP contribution in [0.3, 0.4) is 0 Å².